The van der Waals surface area contributed by atoms with E-state index in [1.165, 1.54) is 4.90 Å². The van der Waals surface area contributed by atoms with Crippen molar-refractivity contribution in [3.63, 3.8) is 0 Å². The number of aliphatic imine (C=N–C) groups is 2. The van der Waals surface area contributed by atoms with E-state index in [1.54, 1.807) is 45.1 Å². The van der Waals surface area contributed by atoms with Gasteiger partial charge in [-0.05, 0) is 12.1 Å². The van der Waals surface area contributed by atoms with Gasteiger partial charge in [0.1, 0.15) is 17.6 Å². The molecule has 0 bridgehead atoms. The maximum absolute atomic E-state index is 12.6. The minimum absolute atomic E-state index is 0.0776. The molecule has 2 aliphatic heterocycles. The first-order valence-corrected chi connectivity index (χ1v) is 11.2. The van der Waals surface area contributed by atoms with E-state index in [2.05, 4.69) is 35.8 Å². The third-order valence-electron chi connectivity index (χ3n) is 5.85. The van der Waals surface area contributed by atoms with Gasteiger partial charge in [-0.3, -0.25) is 29.7 Å². The van der Waals surface area contributed by atoms with Crippen LogP contribution in [0.1, 0.15) is 19.5 Å². The molecule has 3 aromatic heterocycles. The van der Waals surface area contributed by atoms with Crippen LogP contribution in [-0.2, 0) is 9.59 Å². The van der Waals surface area contributed by atoms with Crippen molar-refractivity contribution in [2.24, 2.45) is 15.9 Å². The molecule has 2 unspecified atom stereocenters. The molecule has 5 rings (SSSR count). The molecule has 35 heavy (non-hydrogen) atoms. The zero-order chi connectivity index (χ0) is 24.7. The van der Waals surface area contributed by atoms with E-state index < -0.39 is 0 Å². The van der Waals surface area contributed by atoms with Crippen LogP contribution in [-0.4, -0.2) is 75.1 Å². The fourth-order valence-electron chi connectivity index (χ4n) is 3.94. The largest absolute Gasteiger partial charge is 0.358 e. The highest BCUT2D eigenvalue weighted by molar-refractivity contribution is 6.11. The van der Waals surface area contributed by atoms with Crippen molar-refractivity contribution in [2.75, 3.05) is 19.4 Å². The third kappa shape index (κ3) is 4.16. The second-order valence-electron chi connectivity index (χ2n) is 8.97. The van der Waals surface area contributed by atoms with E-state index in [9.17, 15) is 9.59 Å². The van der Waals surface area contributed by atoms with Gasteiger partial charge in [-0.2, -0.15) is 5.10 Å². The Labute approximate surface area is 201 Å². The van der Waals surface area contributed by atoms with Gasteiger partial charge in [0, 0.05) is 55.9 Å². The maximum Gasteiger partial charge on any atom is 0.253 e. The van der Waals surface area contributed by atoms with Crippen molar-refractivity contribution in [1.82, 2.24) is 30.4 Å². The van der Waals surface area contributed by atoms with Crippen LogP contribution in [0.25, 0.3) is 22.2 Å². The first kappa shape index (κ1) is 22.4. The summed E-state index contributed by atoms with van der Waals surface area (Å²) in [6.45, 7) is 3.67. The molecular weight excluding hydrogens is 446 g/mol. The Morgan fingerprint density at radius 1 is 1.11 bits per heavy atom. The highest BCUT2D eigenvalue weighted by Crippen LogP contribution is 2.28. The van der Waals surface area contributed by atoms with Gasteiger partial charge >= 0.3 is 0 Å². The zero-order valence-electron chi connectivity index (χ0n) is 19.8. The normalized spacial score (nSPS) is 18.7. The molecule has 0 aliphatic carbocycles. The number of nitrogens with zero attached hydrogens (tertiary/aromatic N) is 6. The third-order valence-corrected chi connectivity index (χ3v) is 5.85. The lowest BCUT2D eigenvalue weighted by Gasteiger charge is -2.21. The monoisotopic (exact) mass is 471 g/mol. The summed E-state index contributed by atoms with van der Waals surface area (Å²) in [5, 5.41) is 14.3. The van der Waals surface area contributed by atoms with Gasteiger partial charge in [0.05, 0.1) is 28.9 Å². The van der Waals surface area contributed by atoms with Gasteiger partial charge in [-0.15, -0.1) is 0 Å². The van der Waals surface area contributed by atoms with Crippen LogP contribution in [0.4, 0.5) is 5.69 Å². The van der Waals surface area contributed by atoms with Crippen molar-refractivity contribution in [3.05, 3.63) is 48.2 Å². The van der Waals surface area contributed by atoms with E-state index in [0.717, 1.165) is 16.5 Å². The number of hydrogen-bond acceptors (Lipinski definition) is 8. The maximum atomic E-state index is 12.6. The average Bonchev–Trinajstić information content (AvgIpc) is 3.47. The second-order valence-corrected chi connectivity index (χ2v) is 8.97. The molecule has 0 radical (unpaired) electrons. The summed E-state index contributed by atoms with van der Waals surface area (Å²) in [7, 11) is 3.41. The number of amides is 2. The SMILES string of the molecule is CC(C)C(=O)Nc1cncc(-c2cnc3n[nH]c(C4=NC5C(C(=O)N(C)C)=CN=CC5N4)c3c2)c1. The predicted molar refractivity (Wildman–Crippen MR) is 133 cm³/mol. The smallest absolute Gasteiger partial charge is 0.253 e. The van der Waals surface area contributed by atoms with Crippen LogP contribution in [0.2, 0.25) is 0 Å². The molecule has 0 saturated carbocycles. The molecule has 0 aromatic carbocycles. The molecule has 11 nitrogen and oxygen atoms in total. The lowest BCUT2D eigenvalue weighted by Crippen LogP contribution is -2.41. The van der Waals surface area contributed by atoms with Crippen molar-refractivity contribution in [1.29, 1.82) is 0 Å². The van der Waals surface area contributed by atoms with Gasteiger partial charge < -0.3 is 15.5 Å². The number of carbonyl (C=O) groups excluding carboxylic acids is 2. The van der Waals surface area contributed by atoms with Gasteiger partial charge in [-0.25, -0.2) is 4.98 Å². The van der Waals surface area contributed by atoms with Crippen LogP contribution >= 0.6 is 0 Å². The Morgan fingerprint density at radius 2 is 1.91 bits per heavy atom. The van der Waals surface area contributed by atoms with Crippen LogP contribution in [0, 0.1) is 5.92 Å². The summed E-state index contributed by atoms with van der Waals surface area (Å²) in [6, 6.07) is 3.20. The standard InChI is InChI=1S/C24H25N9O2/c1-12(2)23(34)28-15-5-13(7-25-9-15)14-6-16-20(31-32-21(16)27-8-14)22-29-18-11-26-10-17(19(18)30-22)24(35)33(3)4/h5-12,18-19H,1-4H3,(H,28,34)(H,29,30)(H,27,31,32). The fourth-order valence-corrected chi connectivity index (χ4v) is 3.94. The lowest BCUT2D eigenvalue weighted by molar-refractivity contribution is -0.125. The molecule has 5 heterocycles. The van der Waals surface area contributed by atoms with Crippen molar-refractivity contribution in [2.45, 2.75) is 25.9 Å². The minimum Gasteiger partial charge on any atom is -0.358 e. The lowest BCUT2D eigenvalue weighted by atomic mass is 9.99. The molecule has 2 atom stereocenters. The number of anilines is 1. The van der Waals surface area contributed by atoms with Gasteiger partial charge in [0.15, 0.2) is 5.65 Å². The number of pyridine rings is 2. The summed E-state index contributed by atoms with van der Waals surface area (Å²) in [4.78, 5) is 44.0. The summed E-state index contributed by atoms with van der Waals surface area (Å²) < 4.78 is 0. The topological polar surface area (TPSA) is 141 Å². The Balaban J connectivity index is 1.48. The molecule has 2 aliphatic rings. The van der Waals surface area contributed by atoms with E-state index >= 15 is 0 Å². The van der Waals surface area contributed by atoms with Crippen LogP contribution in [0.5, 0.6) is 0 Å². The summed E-state index contributed by atoms with van der Waals surface area (Å²) in [6.07, 6.45) is 8.36. The summed E-state index contributed by atoms with van der Waals surface area (Å²) >= 11 is 0. The quantitative estimate of drug-likeness (QED) is 0.518. The highest BCUT2D eigenvalue weighted by Gasteiger charge is 2.37. The molecule has 2 amide bonds. The number of fused-ring (bicyclic) bond motifs is 2. The number of aromatic nitrogens is 4. The molecule has 0 spiro atoms. The molecular formula is C24H25N9O2. The number of hydrogen-bond donors (Lipinski definition) is 3. The van der Waals surface area contributed by atoms with E-state index in [-0.39, 0.29) is 29.8 Å². The van der Waals surface area contributed by atoms with Crippen LogP contribution in [0.15, 0.2) is 52.5 Å². The van der Waals surface area contributed by atoms with E-state index in [1.807, 2.05) is 26.0 Å². The Hall–Kier alpha value is -4.41. The molecule has 0 fully saturated rings. The number of H-pyrrole nitrogens is 1. The van der Waals surface area contributed by atoms with Gasteiger partial charge in [0.25, 0.3) is 5.91 Å². The first-order valence-electron chi connectivity index (χ1n) is 11.2. The number of aromatic amines is 1. The number of carbonyl (C=O) groups is 2. The molecule has 0 saturated heterocycles. The number of amidine groups is 1. The summed E-state index contributed by atoms with van der Waals surface area (Å²) in [5.41, 5.74) is 3.97. The Bertz CT molecular complexity index is 1420. The zero-order valence-corrected chi connectivity index (χ0v) is 19.8. The first-order chi connectivity index (χ1) is 16.8. The van der Waals surface area contributed by atoms with Crippen molar-refractivity contribution in [3.8, 4) is 11.1 Å². The second kappa shape index (κ2) is 8.75. The Morgan fingerprint density at radius 3 is 2.69 bits per heavy atom. The van der Waals surface area contributed by atoms with Gasteiger partial charge in [0.2, 0.25) is 5.91 Å². The number of rotatable bonds is 5. The predicted octanol–water partition coefficient (Wildman–Crippen LogP) is 1.76. The molecule has 11 heteroatoms. The molecule has 3 N–H and O–H groups in total. The van der Waals surface area contributed by atoms with Crippen LogP contribution < -0.4 is 10.6 Å². The van der Waals surface area contributed by atoms with E-state index in [0.29, 0.717) is 28.4 Å². The van der Waals surface area contributed by atoms with Crippen LogP contribution in [0.3, 0.4) is 0 Å². The molecule has 3 aromatic rings. The fraction of sp³-hybridized carbons (Fsp3) is 0.292. The minimum atomic E-state index is -0.377. The number of nitrogens with one attached hydrogen (secondary N) is 3. The Kier molecular flexibility index (Phi) is 5.59. The number of likely N-dealkylation sites (N-methyl/N-ethyl adjacent to an activating group) is 1. The van der Waals surface area contributed by atoms with Crippen molar-refractivity contribution < 1.29 is 9.59 Å². The van der Waals surface area contributed by atoms with E-state index in [4.69, 9.17) is 4.99 Å². The van der Waals surface area contributed by atoms with Crippen molar-refractivity contribution >= 4 is 40.6 Å². The molecule has 178 valence electrons. The van der Waals surface area contributed by atoms with Gasteiger partial charge in [-0.1, -0.05) is 13.8 Å². The summed E-state index contributed by atoms with van der Waals surface area (Å²) in [5.74, 6) is 0.246. The highest BCUT2D eigenvalue weighted by atomic mass is 16.2. The average molecular weight is 472 g/mol.